The topological polar surface area (TPSA) is 100 Å². The van der Waals surface area contributed by atoms with Crippen LogP contribution in [0.3, 0.4) is 0 Å². The number of anilines is 1. The Labute approximate surface area is 235 Å². The molecule has 40 heavy (non-hydrogen) atoms. The summed E-state index contributed by atoms with van der Waals surface area (Å²) in [7, 11) is 1.99. The highest BCUT2D eigenvalue weighted by Crippen LogP contribution is 2.38. The van der Waals surface area contributed by atoms with Gasteiger partial charge in [0.05, 0.1) is 24.9 Å². The molecule has 1 saturated heterocycles. The zero-order chi connectivity index (χ0) is 28.5. The predicted molar refractivity (Wildman–Crippen MR) is 154 cm³/mol. The number of nitrogens with one attached hydrogen (secondary N) is 1. The normalized spacial score (nSPS) is 20.5. The minimum absolute atomic E-state index is 0.0197. The van der Waals surface area contributed by atoms with Crippen LogP contribution in [0, 0.1) is 0 Å². The number of carbonyl (C=O) groups excluding carboxylic acids is 1. The van der Waals surface area contributed by atoms with Crippen molar-refractivity contribution in [1.29, 1.82) is 0 Å². The van der Waals surface area contributed by atoms with Gasteiger partial charge in [-0.3, -0.25) is 10.2 Å². The van der Waals surface area contributed by atoms with Crippen molar-refractivity contribution in [2.75, 3.05) is 25.5 Å². The lowest BCUT2D eigenvalue weighted by molar-refractivity contribution is -0.253. The Balaban J connectivity index is 1.49. The van der Waals surface area contributed by atoms with Crippen LogP contribution in [0.1, 0.15) is 54.1 Å². The molecule has 1 amide bonds. The standard InChI is InChI=1S/C32H38N2O6/c1-4-18-38-32(37)33-27-16-14-26(15-17-27)31-39-28(19-29(40-31)24-12-10-23(21-35)11-13-24)20-34(3)22(2)30(36)25-8-6-5-7-9-25/h4-17,22,28-31,35-36H,1,18-21H2,2-3H3,(H,33,37)/t22-,28+,29-,30-,31-/m0/s1. The first-order chi connectivity index (χ1) is 19.4. The van der Waals surface area contributed by atoms with Gasteiger partial charge in [0, 0.05) is 30.3 Å². The van der Waals surface area contributed by atoms with Crippen molar-refractivity contribution in [3.8, 4) is 0 Å². The van der Waals surface area contributed by atoms with E-state index in [0.29, 0.717) is 18.7 Å². The van der Waals surface area contributed by atoms with Crippen LogP contribution in [0.4, 0.5) is 10.5 Å². The molecule has 3 aromatic carbocycles. The van der Waals surface area contributed by atoms with Crippen LogP contribution in [-0.4, -0.2) is 53.6 Å². The lowest BCUT2D eigenvalue weighted by Crippen LogP contribution is -2.43. The fraction of sp³-hybridized carbons (Fsp3) is 0.344. The molecule has 0 saturated carbocycles. The number of hydrogen-bond donors (Lipinski definition) is 3. The number of nitrogens with zero attached hydrogens (tertiary/aromatic N) is 1. The molecule has 8 heteroatoms. The number of carbonyl (C=O) groups is 1. The molecule has 3 aromatic rings. The second kappa shape index (κ2) is 14.2. The van der Waals surface area contributed by atoms with E-state index in [4.69, 9.17) is 14.2 Å². The van der Waals surface area contributed by atoms with E-state index < -0.39 is 18.5 Å². The smallest absolute Gasteiger partial charge is 0.411 e. The molecular formula is C32H38N2O6. The minimum Gasteiger partial charge on any atom is -0.445 e. The monoisotopic (exact) mass is 546 g/mol. The summed E-state index contributed by atoms with van der Waals surface area (Å²) >= 11 is 0. The first kappa shape index (κ1) is 29.5. The van der Waals surface area contributed by atoms with Gasteiger partial charge in [0.25, 0.3) is 0 Å². The highest BCUT2D eigenvalue weighted by Gasteiger charge is 2.34. The average Bonchev–Trinajstić information content (AvgIpc) is 3.00. The van der Waals surface area contributed by atoms with Gasteiger partial charge in [-0.05, 0) is 42.8 Å². The highest BCUT2D eigenvalue weighted by atomic mass is 16.7. The van der Waals surface area contributed by atoms with E-state index in [1.807, 2.05) is 80.7 Å². The van der Waals surface area contributed by atoms with Gasteiger partial charge in [-0.25, -0.2) is 4.79 Å². The number of aliphatic hydroxyl groups excluding tert-OH is 2. The van der Waals surface area contributed by atoms with Crippen molar-refractivity contribution in [2.24, 2.45) is 0 Å². The molecule has 1 fully saturated rings. The lowest BCUT2D eigenvalue weighted by Gasteiger charge is -2.39. The van der Waals surface area contributed by atoms with Gasteiger partial charge in [-0.2, -0.15) is 0 Å². The van der Waals surface area contributed by atoms with Crippen LogP contribution in [0.15, 0.2) is 91.5 Å². The van der Waals surface area contributed by atoms with Crippen LogP contribution < -0.4 is 5.32 Å². The maximum atomic E-state index is 11.9. The number of aliphatic hydroxyl groups is 2. The summed E-state index contributed by atoms with van der Waals surface area (Å²) < 4.78 is 17.8. The molecule has 212 valence electrons. The molecule has 1 aliphatic rings. The molecule has 0 bridgehead atoms. The largest absolute Gasteiger partial charge is 0.445 e. The maximum Gasteiger partial charge on any atom is 0.411 e. The quantitative estimate of drug-likeness (QED) is 0.273. The van der Waals surface area contributed by atoms with Crippen molar-refractivity contribution in [2.45, 2.75) is 50.6 Å². The Bertz CT molecular complexity index is 1220. The van der Waals surface area contributed by atoms with Crippen molar-refractivity contribution < 1.29 is 29.2 Å². The minimum atomic E-state index is -0.637. The summed E-state index contributed by atoms with van der Waals surface area (Å²) in [5.74, 6) is 0. The summed E-state index contributed by atoms with van der Waals surface area (Å²) in [5, 5.41) is 23.1. The van der Waals surface area contributed by atoms with Gasteiger partial charge in [-0.1, -0.05) is 79.4 Å². The Morgan fingerprint density at radius 2 is 1.75 bits per heavy atom. The SMILES string of the molecule is C=CCOC(=O)Nc1ccc([C@H]2O[C@@H](CN(C)[C@@H](C)[C@H](O)c3ccccc3)C[C@@H](c3ccc(CO)cc3)O2)cc1. The molecule has 0 aliphatic carbocycles. The molecule has 4 rings (SSSR count). The average molecular weight is 547 g/mol. The Morgan fingerprint density at radius 1 is 1.07 bits per heavy atom. The van der Waals surface area contributed by atoms with Gasteiger partial charge in [-0.15, -0.1) is 0 Å². The molecular weight excluding hydrogens is 508 g/mol. The van der Waals surface area contributed by atoms with Gasteiger partial charge in [0.15, 0.2) is 6.29 Å². The van der Waals surface area contributed by atoms with Gasteiger partial charge < -0.3 is 24.4 Å². The zero-order valence-electron chi connectivity index (χ0n) is 23.0. The van der Waals surface area contributed by atoms with Gasteiger partial charge in [0.2, 0.25) is 0 Å². The van der Waals surface area contributed by atoms with Crippen molar-refractivity contribution in [1.82, 2.24) is 4.90 Å². The molecule has 1 aliphatic heterocycles. The number of hydrogen-bond acceptors (Lipinski definition) is 7. The van der Waals surface area contributed by atoms with Crippen molar-refractivity contribution in [3.05, 3.63) is 114 Å². The maximum absolute atomic E-state index is 11.9. The summed E-state index contributed by atoms with van der Waals surface area (Å²) in [6, 6.07) is 24.5. The predicted octanol–water partition coefficient (Wildman–Crippen LogP) is 5.51. The Kier molecular flexibility index (Phi) is 10.5. The van der Waals surface area contributed by atoms with Crippen LogP contribution in [0.5, 0.6) is 0 Å². The first-order valence-corrected chi connectivity index (χ1v) is 13.5. The van der Waals surface area contributed by atoms with E-state index in [1.165, 1.54) is 6.08 Å². The molecule has 8 nitrogen and oxygen atoms in total. The molecule has 1 heterocycles. The zero-order valence-corrected chi connectivity index (χ0v) is 23.0. The molecule has 3 N–H and O–H groups in total. The third kappa shape index (κ3) is 7.78. The third-order valence-electron chi connectivity index (χ3n) is 7.16. The van der Waals surface area contributed by atoms with Crippen LogP contribution >= 0.6 is 0 Å². The van der Waals surface area contributed by atoms with Crippen molar-refractivity contribution >= 4 is 11.8 Å². The molecule has 0 spiro atoms. The van der Waals surface area contributed by atoms with Crippen LogP contribution in [0.25, 0.3) is 0 Å². The molecule has 0 unspecified atom stereocenters. The van der Waals surface area contributed by atoms with E-state index in [-0.39, 0.29) is 31.5 Å². The molecule has 0 radical (unpaired) electrons. The Morgan fingerprint density at radius 3 is 2.40 bits per heavy atom. The number of likely N-dealkylation sites (N-methyl/N-ethyl adjacent to an activating group) is 1. The number of benzene rings is 3. The van der Waals surface area contributed by atoms with E-state index in [2.05, 4.69) is 16.8 Å². The van der Waals surface area contributed by atoms with Gasteiger partial charge >= 0.3 is 6.09 Å². The highest BCUT2D eigenvalue weighted by molar-refractivity contribution is 5.84. The van der Waals surface area contributed by atoms with E-state index in [9.17, 15) is 15.0 Å². The Hall–Kier alpha value is -3.53. The summed E-state index contributed by atoms with van der Waals surface area (Å²) in [4.78, 5) is 14.0. The van der Waals surface area contributed by atoms with E-state index in [1.54, 1.807) is 12.1 Å². The second-order valence-electron chi connectivity index (χ2n) is 10.0. The number of ether oxygens (including phenoxy) is 3. The summed E-state index contributed by atoms with van der Waals surface area (Å²) in [6.07, 6.45) is -0.103. The van der Waals surface area contributed by atoms with E-state index >= 15 is 0 Å². The number of amides is 1. The third-order valence-corrected chi connectivity index (χ3v) is 7.16. The fourth-order valence-corrected chi connectivity index (χ4v) is 4.70. The van der Waals surface area contributed by atoms with Gasteiger partial charge in [0.1, 0.15) is 6.61 Å². The first-order valence-electron chi connectivity index (χ1n) is 13.5. The second-order valence-corrected chi connectivity index (χ2v) is 10.0. The lowest BCUT2D eigenvalue weighted by atomic mass is 9.98. The molecule has 0 aromatic heterocycles. The van der Waals surface area contributed by atoms with Crippen LogP contribution in [0.2, 0.25) is 0 Å². The molecule has 5 atom stereocenters. The van der Waals surface area contributed by atoms with Crippen LogP contribution in [-0.2, 0) is 20.8 Å². The summed E-state index contributed by atoms with van der Waals surface area (Å²) in [6.45, 7) is 6.24. The van der Waals surface area contributed by atoms with E-state index in [0.717, 1.165) is 22.3 Å². The van der Waals surface area contributed by atoms with Crippen molar-refractivity contribution in [3.63, 3.8) is 0 Å². The fourth-order valence-electron chi connectivity index (χ4n) is 4.70. The summed E-state index contributed by atoms with van der Waals surface area (Å²) in [5.41, 5.74) is 4.11. The number of rotatable bonds is 11.